The molecule has 12 heteroatoms. The van der Waals surface area contributed by atoms with Crippen LogP contribution in [0.1, 0.15) is 32.8 Å². The molecule has 0 spiro atoms. The number of rotatable bonds is 10. The monoisotopic (exact) mass is 651 g/mol. The molecular formula is C33H34ClN3O7S. The summed E-state index contributed by atoms with van der Waals surface area (Å²) in [4.78, 5) is 42.5. The fourth-order valence-corrected chi connectivity index (χ4v) is 6.22. The summed E-state index contributed by atoms with van der Waals surface area (Å²) in [5.74, 6) is -0.953. The van der Waals surface area contributed by atoms with Gasteiger partial charge in [-0.1, -0.05) is 35.9 Å². The second kappa shape index (κ2) is 13.9. The molecule has 10 nitrogen and oxygen atoms in total. The number of fused-ring (bicyclic) bond motifs is 1. The summed E-state index contributed by atoms with van der Waals surface area (Å²) in [6.45, 7) is 4.64. The van der Waals surface area contributed by atoms with Crippen molar-refractivity contribution in [3.63, 3.8) is 0 Å². The molecule has 4 aromatic rings. The predicted molar refractivity (Wildman–Crippen MR) is 173 cm³/mol. The van der Waals surface area contributed by atoms with Gasteiger partial charge in [0, 0.05) is 47.4 Å². The number of nitrogens with one attached hydrogen (secondary N) is 1. The summed E-state index contributed by atoms with van der Waals surface area (Å²) in [6, 6.07) is 17.7. The maximum Gasteiger partial charge on any atom is 0.355 e. The quantitative estimate of drug-likeness (QED) is 0.202. The Hall–Kier alpha value is -4.03. The number of amides is 1. The lowest BCUT2D eigenvalue weighted by Crippen LogP contribution is -2.38. The minimum absolute atomic E-state index is 0.00442. The molecule has 236 valence electrons. The summed E-state index contributed by atoms with van der Waals surface area (Å²) in [6.07, 6.45) is 1.93. The van der Waals surface area contributed by atoms with E-state index in [2.05, 4.69) is 10.2 Å². The molecule has 0 atom stereocenters. The minimum atomic E-state index is -3.41. The van der Waals surface area contributed by atoms with Gasteiger partial charge in [-0.15, -0.1) is 0 Å². The molecule has 1 N–H and O–H groups in total. The molecule has 3 aromatic carbocycles. The highest BCUT2D eigenvalue weighted by molar-refractivity contribution is 7.90. The molecule has 0 unspecified atom stereocenters. The van der Waals surface area contributed by atoms with Crippen LogP contribution >= 0.6 is 11.6 Å². The number of carbonyl (C=O) groups excluding carboxylic acids is 2. The lowest BCUT2D eigenvalue weighted by atomic mass is 9.95. The van der Waals surface area contributed by atoms with Crippen LogP contribution < -0.4 is 10.9 Å². The first-order valence-electron chi connectivity index (χ1n) is 14.5. The standard InChI is InChI=1S/C33H34ClN3O7S/c1-43-33(40)30-29(23-6-8-24(9-7-23)31(38)35-14-3-15-36-16-18-44-19-17-36)28-20-25(34)10-13-27(28)32(39)37(30)21-22-4-11-26(12-5-22)45(2,41)42/h4-13,20H,3,14-19,21H2,1-2H3,(H,35,38). The summed E-state index contributed by atoms with van der Waals surface area (Å²) >= 11 is 6.36. The lowest BCUT2D eigenvalue weighted by molar-refractivity contribution is 0.0374. The fourth-order valence-electron chi connectivity index (χ4n) is 5.42. The SMILES string of the molecule is COC(=O)c1c(-c2ccc(C(=O)NCCCN3CCOCC3)cc2)c2cc(Cl)ccc2c(=O)n1Cc1ccc(S(C)(=O)=O)cc1. The highest BCUT2D eigenvalue weighted by atomic mass is 35.5. The number of morpholine rings is 1. The van der Waals surface area contributed by atoms with Crippen LogP contribution in [0.3, 0.4) is 0 Å². The highest BCUT2D eigenvalue weighted by Crippen LogP contribution is 2.33. The first-order chi connectivity index (χ1) is 21.6. The molecule has 1 fully saturated rings. The number of methoxy groups -OCH3 is 1. The van der Waals surface area contributed by atoms with Crippen molar-refractivity contribution >= 4 is 44.1 Å². The maximum atomic E-state index is 13.8. The second-order valence-electron chi connectivity index (χ2n) is 10.9. The van der Waals surface area contributed by atoms with Crippen molar-refractivity contribution in [3.05, 3.63) is 98.9 Å². The van der Waals surface area contributed by atoms with Crippen LogP contribution in [0.4, 0.5) is 0 Å². The van der Waals surface area contributed by atoms with Gasteiger partial charge < -0.3 is 14.8 Å². The Morgan fingerprint density at radius 3 is 2.31 bits per heavy atom. The Labute approximate surface area is 266 Å². The summed E-state index contributed by atoms with van der Waals surface area (Å²) in [5, 5.41) is 4.12. The first-order valence-corrected chi connectivity index (χ1v) is 16.8. The zero-order valence-corrected chi connectivity index (χ0v) is 26.6. The average Bonchev–Trinajstić information content (AvgIpc) is 3.04. The Morgan fingerprint density at radius 2 is 1.67 bits per heavy atom. The van der Waals surface area contributed by atoms with E-state index in [9.17, 15) is 22.8 Å². The van der Waals surface area contributed by atoms with E-state index in [1.54, 1.807) is 54.6 Å². The van der Waals surface area contributed by atoms with E-state index in [1.165, 1.54) is 23.8 Å². The topological polar surface area (TPSA) is 124 Å². The van der Waals surface area contributed by atoms with Gasteiger partial charge in [0.2, 0.25) is 0 Å². The zero-order chi connectivity index (χ0) is 32.1. The van der Waals surface area contributed by atoms with Crippen LogP contribution in [0.5, 0.6) is 0 Å². The van der Waals surface area contributed by atoms with Crippen molar-refractivity contribution in [2.75, 3.05) is 52.8 Å². The van der Waals surface area contributed by atoms with Gasteiger partial charge in [-0.05, 0) is 71.9 Å². The van der Waals surface area contributed by atoms with E-state index in [-0.39, 0.29) is 23.0 Å². The van der Waals surface area contributed by atoms with Crippen molar-refractivity contribution in [2.24, 2.45) is 0 Å². The van der Waals surface area contributed by atoms with Gasteiger partial charge >= 0.3 is 5.97 Å². The van der Waals surface area contributed by atoms with Gasteiger partial charge in [-0.25, -0.2) is 13.2 Å². The molecule has 1 amide bonds. The third-order valence-corrected chi connectivity index (χ3v) is 9.14. The number of aromatic nitrogens is 1. The Kier molecular flexibility index (Phi) is 10.0. The molecule has 0 bridgehead atoms. The van der Waals surface area contributed by atoms with Gasteiger partial charge in [0.1, 0.15) is 5.69 Å². The molecule has 1 aliphatic heterocycles. The Bertz CT molecular complexity index is 1880. The van der Waals surface area contributed by atoms with Gasteiger partial charge in [0.25, 0.3) is 11.5 Å². The van der Waals surface area contributed by atoms with Crippen molar-refractivity contribution in [1.82, 2.24) is 14.8 Å². The van der Waals surface area contributed by atoms with Gasteiger partial charge in [0.05, 0.1) is 31.8 Å². The molecule has 0 radical (unpaired) electrons. The van der Waals surface area contributed by atoms with E-state index in [0.717, 1.165) is 45.5 Å². The number of benzene rings is 3. The van der Waals surface area contributed by atoms with E-state index in [4.69, 9.17) is 21.1 Å². The maximum absolute atomic E-state index is 13.8. The molecule has 0 saturated carbocycles. The van der Waals surface area contributed by atoms with E-state index in [0.29, 0.717) is 44.6 Å². The van der Waals surface area contributed by atoms with E-state index < -0.39 is 21.4 Å². The molecular weight excluding hydrogens is 618 g/mol. The van der Waals surface area contributed by atoms with E-state index in [1.807, 2.05) is 0 Å². The van der Waals surface area contributed by atoms with Crippen LogP contribution in [0.15, 0.2) is 76.4 Å². The number of pyridine rings is 1. The summed E-state index contributed by atoms with van der Waals surface area (Å²) in [5.41, 5.74) is 1.62. The molecule has 1 saturated heterocycles. The van der Waals surface area contributed by atoms with Crippen molar-refractivity contribution in [3.8, 4) is 11.1 Å². The largest absolute Gasteiger partial charge is 0.464 e. The lowest BCUT2D eigenvalue weighted by Gasteiger charge is -2.26. The first kappa shape index (κ1) is 32.4. The number of hydrogen-bond donors (Lipinski definition) is 1. The van der Waals surface area contributed by atoms with E-state index >= 15 is 0 Å². The third kappa shape index (κ3) is 7.45. The normalized spacial score (nSPS) is 13.9. The van der Waals surface area contributed by atoms with Crippen molar-refractivity contribution in [2.45, 2.75) is 17.9 Å². The Balaban J connectivity index is 1.49. The smallest absolute Gasteiger partial charge is 0.355 e. The van der Waals surface area contributed by atoms with Gasteiger partial charge in [0.15, 0.2) is 9.84 Å². The fraction of sp³-hybridized carbons (Fsp3) is 0.303. The second-order valence-corrected chi connectivity index (χ2v) is 13.3. The number of hydrogen-bond acceptors (Lipinski definition) is 8. The number of esters is 1. The minimum Gasteiger partial charge on any atom is -0.464 e. The molecule has 0 aliphatic carbocycles. The number of nitrogens with zero attached hydrogens (tertiary/aromatic N) is 2. The average molecular weight is 652 g/mol. The predicted octanol–water partition coefficient (Wildman–Crippen LogP) is 4.01. The number of halogens is 1. The van der Waals surface area contributed by atoms with Crippen molar-refractivity contribution < 1.29 is 27.5 Å². The number of sulfone groups is 1. The van der Waals surface area contributed by atoms with Crippen LogP contribution in [-0.2, 0) is 25.9 Å². The molecule has 5 rings (SSSR count). The van der Waals surface area contributed by atoms with Crippen LogP contribution in [0, 0.1) is 0 Å². The van der Waals surface area contributed by atoms with Crippen molar-refractivity contribution in [1.29, 1.82) is 0 Å². The number of carbonyl (C=O) groups is 2. The zero-order valence-electron chi connectivity index (χ0n) is 25.0. The molecule has 2 heterocycles. The van der Waals surface area contributed by atoms with Crippen LogP contribution in [0.25, 0.3) is 21.9 Å². The summed E-state index contributed by atoms with van der Waals surface area (Å²) in [7, 11) is -2.18. The van der Waals surface area contributed by atoms with Crippen LogP contribution in [-0.4, -0.2) is 82.5 Å². The Morgan fingerprint density at radius 1 is 0.978 bits per heavy atom. The number of ether oxygens (including phenoxy) is 2. The molecule has 45 heavy (non-hydrogen) atoms. The van der Waals surface area contributed by atoms with Crippen LogP contribution in [0.2, 0.25) is 5.02 Å². The third-order valence-electron chi connectivity index (χ3n) is 7.78. The van der Waals surface area contributed by atoms with Gasteiger partial charge in [-0.2, -0.15) is 0 Å². The highest BCUT2D eigenvalue weighted by Gasteiger charge is 2.25. The van der Waals surface area contributed by atoms with Gasteiger partial charge in [-0.3, -0.25) is 19.1 Å². The molecule has 1 aliphatic rings. The molecule has 1 aromatic heterocycles. The summed E-state index contributed by atoms with van der Waals surface area (Å²) < 4.78 is 35.7.